The molecular weight excluding hydrogens is 270 g/mol. The van der Waals surface area contributed by atoms with Crippen LogP contribution in [-0.2, 0) is 13.1 Å². The highest BCUT2D eigenvalue weighted by Crippen LogP contribution is 2.27. The fourth-order valence-electron chi connectivity index (χ4n) is 2.24. The Labute approximate surface area is 126 Å². The minimum Gasteiger partial charge on any atom is -0.379 e. The summed E-state index contributed by atoms with van der Waals surface area (Å²) in [6.45, 7) is 4.06. The largest absolute Gasteiger partial charge is 0.379 e. The molecule has 2 rings (SSSR count). The van der Waals surface area contributed by atoms with Crippen molar-refractivity contribution in [3.8, 4) is 0 Å². The quantitative estimate of drug-likeness (QED) is 0.859. The van der Waals surface area contributed by atoms with Crippen molar-refractivity contribution in [2.45, 2.75) is 26.4 Å². The van der Waals surface area contributed by atoms with E-state index < -0.39 is 0 Å². The summed E-state index contributed by atoms with van der Waals surface area (Å²) in [4.78, 5) is 2.01. The molecule has 3 nitrogen and oxygen atoms in total. The van der Waals surface area contributed by atoms with E-state index in [1.54, 1.807) is 0 Å². The van der Waals surface area contributed by atoms with Crippen LogP contribution in [0.5, 0.6) is 0 Å². The summed E-state index contributed by atoms with van der Waals surface area (Å²) in [5.41, 5.74) is 3.37. The maximum absolute atomic E-state index is 6.28. The number of hydrogen-bond donors (Lipinski definition) is 1. The van der Waals surface area contributed by atoms with Crippen LogP contribution >= 0.6 is 11.6 Å². The Hall–Kier alpha value is -1.61. The first-order valence-corrected chi connectivity index (χ1v) is 7.34. The van der Waals surface area contributed by atoms with Gasteiger partial charge in [0, 0.05) is 38.2 Å². The Morgan fingerprint density at radius 3 is 2.70 bits per heavy atom. The van der Waals surface area contributed by atoms with E-state index in [2.05, 4.69) is 41.2 Å². The maximum Gasteiger partial charge on any atom is 0.0659 e. The number of nitrogens with zero attached hydrogens (tertiary/aromatic N) is 2. The normalized spacial score (nSPS) is 10.6. The summed E-state index contributed by atoms with van der Waals surface area (Å²) >= 11 is 6.28. The van der Waals surface area contributed by atoms with Crippen molar-refractivity contribution in [1.29, 1.82) is 0 Å². The molecule has 0 fully saturated rings. The summed E-state index contributed by atoms with van der Waals surface area (Å²) in [5, 5.41) is 4.20. The van der Waals surface area contributed by atoms with Gasteiger partial charge >= 0.3 is 0 Å². The number of rotatable bonds is 6. The zero-order chi connectivity index (χ0) is 14.5. The summed E-state index contributed by atoms with van der Waals surface area (Å²) in [6.07, 6.45) is 3.27. The zero-order valence-corrected chi connectivity index (χ0v) is 13.1. The summed E-state index contributed by atoms with van der Waals surface area (Å²) in [5.74, 6) is 0. The van der Waals surface area contributed by atoms with Gasteiger partial charge in [-0.25, -0.2) is 0 Å². The highest BCUT2D eigenvalue weighted by atomic mass is 35.5. The molecule has 0 radical (unpaired) electrons. The van der Waals surface area contributed by atoms with Gasteiger partial charge in [0.25, 0.3) is 0 Å². The molecular formula is C16H22ClN3. The Balaban J connectivity index is 2.04. The van der Waals surface area contributed by atoms with E-state index in [1.807, 2.05) is 31.1 Å². The van der Waals surface area contributed by atoms with Gasteiger partial charge in [-0.15, -0.1) is 0 Å². The van der Waals surface area contributed by atoms with Gasteiger partial charge in [0.1, 0.15) is 0 Å². The summed E-state index contributed by atoms with van der Waals surface area (Å²) in [7, 11) is 3.98. The third kappa shape index (κ3) is 3.48. The van der Waals surface area contributed by atoms with Crippen molar-refractivity contribution in [2.24, 2.45) is 0 Å². The van der Waals surface area contributed by atoms with Crippen molar-refractivity contribution in [2.75, 3.05) is 24.3 Å². The van der Waals surface area contributed by atoms with Gasteiger partial charge in [-0.05, 0) is 36.8 Å². The second-order valence-corrected chi connectivity index (χ2v) is 5.51. The summed E-state index contributed by atoms with van der Waals surface area (Å²) < 4.78 is 2.28. The van der Waals surface area contributed by atoms with Crippen molar-refractivity contribution >= 4 is 23.0 Å². The molecule has 108 valence electrons. The Kier molecular flexibility index (Phi) is 4.96. The molecule has 1 N–H and O–H groups in total. The Morgan fingerprint density at radius 1 is 1.25 bits per heavy atom. The van der Waals surface area contributed by atoms with Crippen LogP contribution in [0.2, 0.25) is 5.02 Å². The minimum absolute atomic E-state index is 0.768. The van der Waals surface area contributed by atoms with Crippen molar-refractivity contribution in [3.05, 3.63) is 47.2 Å². The maximum atomic E-state index is 6.28. The van der Waals surface area contributed by atoms with Gasteiger partial charge in [-0.3, -0.25) is 0 Å². The SMILES string of the molecule is CCCn1cccc1CNc1ccc(N(C)C)c(Cl)c1. The first kappa shape index (κ1) is 14.8. The highest BCUT2D eigenvalue weighted by molar-refractivity contribution is 6.33. The van der Waals surface area contributed by atoms with Gasteiger partial charge in [-0.1, -0.05) is 18.5 Å². The second-order valence-electron chi connectivity index (χ2n) is 5.11. The van der Waals surface area contributed by atoms with E-state index >= 15 is 0 Å². The van der Waals surface area contributed by atoms with Crippen LogP contribution in [0.25, 0.3) is 0 Å². The van der Waals surface area contributed by atoms with E-state index in [-0.39, 0.29) is 0 Å². The van der Waals surface area contributed by atoms with E-state index in [9.17, 15) is 0 Å². The van der Waals surface area contributed by atoms with E-state index in [4.69, 9.17) is 11.6 Å². The van der Waals surface area contributed by atoms with Crippen LogP contribution < -0.4 is 10.2 Å². The Bertz CT molecular complexity index is 561. The van der Waals surface area contributed by atoms with Crippen molar-refractivity contribution in [1.82, 2.24) is 4.57 Å². The fraction of sp³-hybridized carbons (Fsp3) is 0.375. The predicted octanol–water partition coefficient (Wildman–Crippen LogP) is 4.23. The third-order valence-corrected chi connectivity index (χ3v) is 3.59. The van der Waals surface area contributed by atoms with Crippen LogP contribution in [-0.4, -0.2) is 18.7 Å². The smallest absolute Gasteiger partial charge is 0.0659 e. The molecule has 2 aromatic rings. The van der Waals surface area contributed by atoms with Crippen LogP contribution in [0.4, 0.5) is 11.4 Å². The number of hydrogen-bond acceptors (Lipinski definition) is 2. The molecule has 0 bridgehead atoms. The second kappa shape index (κ2) is 6.71. The van der Waals surface area contributed by atoms with Gasteiger partial charge in [-0.2, -0.15) is 0 Å². The average molecular weight is 292 g/mol. The lowest BCUT2D eigenvalue weighted by atomic mass is 10.2. The lowest BCUT2D eigenvalue weighted by molar-refractivity contribution is 0.654. The molecule has 4 heteroatoms. The number of aromatic nitrogens is 1. The number of nitrogens with one attached hydrogen (secondary N) is 1. The summed E-state index contributed by atoms with van der Waals surface area (Å²) in [6, 6.07) is 10.3. The fourth-order valence-corrected chi connectivity index (χ4v) is 2.59. The third-order valence-electron chi connectivity index (χ3n) is 3.29. The number of halogens is 1. The molecule has 0 saturated carbocycles. The molecule has 1 aromatic carbocycles. The molecule has 0 aliphatic carbocycles. The molecule has 0 aliphatic rings. The zero-order valence-electron chi connectivity index (χ0n) is 12.4. The molecule has 20 heavy (non-hydrogen) atoms. The van der Waals surface area contributed by atoms with Crippen LogP contribution in [0.1, 0.15) is 19.0 Å². The van der Waals surface area contributed by atoms with E-state index in [0.717, 1.165) is 35.9 Å². The topological polar surface area (TPSA) is 20.2 Å². The van der Waals surface area contributed by atoms with Gasteiger partial charge in [0.2, 0.25) is 0 Å². The van der Waals surface area contributed by atoms with Crippen LogP contribution in [0, 0.1) is 0 Å². The van der Waals surface area contributed by atoms with Crippen LogP contribution in [0.3, 0.4) is 0 Å². The monoisotopic (exact) mass is 291 g/mol. The lowest BCUT2D eigenvalue weighted by Gasteiger charge is -2.16. The molecule has 1 heterocycles. The average Bonchev–Trinajstić information content (AvgIpc) is 2.84. The molecule has 0 amide bonds. The number of anilines is 2. The van der Waals surface area contributed by atoms with Crippen molar-refractivity contribution < 1.29 is 0 Å². The molecule has 0 spiro atoms. The highest BCUT2D eigenvalue weighted by Gasteiger charge is 2.04. The van der Waals surface area contributed by atoms with E-state index in [0.29, 0.717) is 0 Å². The molecule has 0 saturated heterocycles. The van der Waals surface area contributed by atoms with Crippen LogP contribution in [0.15, 0.2) is 36.5 Å². The van der Waals surface area contributed by atoms with Gasteiger partial charge < -0.3 is 14.8 Å². The first-order valence-electron chi connectivity index (χ1n) is 6.96. The molecule has 0 unspecified atom stereocenters. The molecule has 0 aliphatic heterocycles. The van der Waals surface area contributed by atoms with Crippen molar-refractivity contribution in [3.63, 3.8) is 0 Å². The Morgan fingerprint density at radius 2 is 2.05 bits per heavy atom. The van der Waals surface area contributed by atoms with Gasteiger partial charge in [0.05, 0.1) is 17.3 Å². The lowest BCUT2D eigenvalue weighted by Crippen LogP contribution is -2.10. The first-order chi connectivity index (χ1) is 9.61. The molecule has 0 atom stereocenters. The standard InChI is InChI=1S/C16H22ClN3/c1-4-9-20-10-5-6-14(20)12-18-13-7-8-16(19(2)3)15(17)11-13/h5-8,10-11,18H,4,9,12H2,1-3H3. The van der Waals surface area contributed by atoms with E-state index in [1.165, 1.54) is 5.69 Å². The molecule has 1 aromatic heterocycles. The number of benzene rings is 1. The number of aryl methyl sites for hydroxylation is 1. The minimum atomic E-state index is 0.768. The predicted molar refractivity (Wildman–Crippen MR) is 87.8 cm³/mol. The van der Waals surface area contributed by atoms with Gasteiger partial charge in [0.15, 0.2) is 0 Å².